The van der Waals surface area contributed by atoms with Crippen molar-refractivity contribution in [3.63, 3.8) is 0 Å². The monoisotopic (exact) mass is 721 g/mol. The predicted octanol–water partition coefficient (Wildman–Crippen LogP) is 13.9. The second-order valence-corrected chi connectivity index (χ2v) is 15.0. The van der Waals surface area contributed by atoms with Gasteiger partial charge in [0.1, 0.15) is 13.2 Å². The summed E-state index contributed by atoms with van der Waals surface area (Å²) >= 11 is 0. The number of allylic oxidation sites excluding steroid dienone is 2. The van der Waals surface area contributed by atoms with Crippen LogP contribution in [0.1, 0.15) is 239 Å². The molecule has 300 valence electrons. The fourth-order valence-electron chi connectivity index (χ4n) is 6.39. The molecule has 0 aliphatic carbocycles. The second-order valence-electron chi connectivity index (χ2n) is 15.0. The van der Waals surface area contributed by atoms with Gasteiger partial charge in [-0.2, -0.15) is 0 Å². The van der Waals surface area contributed by atoms with Gasteiger partial charge in [0.2, 0.25) is 0 Å². The molecule has 0 saturated heterocycles. The van der Waals surface area contributed by atoms with Gasteiger partial charge in [0.15, 0.2) is 6.10 Å². The van der Waals surface area contributed by atoms with Crippen molar-refractivity contribution in [2.75, 3.05) is 13.2 Å². The molecule has 6 heteroatoms. The van der Waals surface area contributed by atoms with Crippen LogP contribution in [0.15, 0.2) is 12.2 Å². The first-order chi connectivity index (χ1) is 25.0. The number of ether oxygens (including phenoxy) is 3. The van der Waals surface area contributed by atoms with Crippen LogP contribution in [-0.2, 0) is 28.6 Å². The van der Waals surface area contributed by atoms with E-state index < -0.39 is 6.10 Å². The van der Waals surface area contributed by atoms with Crippen LogP contribution in [0.3, 0.4) is 0 Å². The standard InChI is InChI=1S/C45H84O6/c1-4-7-10-13-16-19-21-23-26-29-32-35-38-44(47)50-41-42(40-49-43(46)37-34-31-28-25-18-15-12-9-6-3)51-45(48)39-36-33-30-27-24-22-20-17-14-11-8-5-2/h25,28,42H,4-24,26-27,29-41H2,1-3H3/b28-25-. The molecule has 0 aliphatic heterocycles. The number of carbonyl (C=O) groups excluding carboxylic acids is 3. The van der Waals surface area contributed by atoms with Gasteiger partial charge in [-0.3, -0.25) is 14.4 Å². The molecule has 0 aromatic carbocycles. The van der Waals surface area contributed by atoms with Gasteiger partial charge in [0, 0.05) is 19.3 Å². The Balaban J connectivity index is 4.35. The van der Waals surface area contributed by atoms with Crippen LogP contribution < -0.4 is 0 Å². The summed E-state index contributed by atoms with van der Waals surface area (Å²) in [5.41, 5.74) is 0. The van der Waals surface area contributed by atoms with E-state index in [1.807, 2.05) is 0 Å². The first-order valence-electron chi connectivity index (χ1n) is 22.2. The third-order valence-electron chi connectivity index (χ3n) is 9.77. The smallest absolute Gasteiger partial charge is 0.306 e. The molecular weight excluding hydrogens is 636 g/mol. The number of hydrogen-bond donors (Lipinski definition) is 0. The predicted molar refractivity (Wildman–Crippen MR) is 215 cm³/mol. The van der Waals surface area contributed by atoms with E-state index in [2.05, 4.69) is 32.9 Å². The molecular formula is C45H84O6. The summed E-state index contributed by atoms with van der Waals surface area (Å²) in [6.45, 7) is 6.57. The normalized spacial score (nSPS) is 12.0. The minimum atomic E-state index is -0.771. The van der Waals surface area contributed by atoms with Gasteiger partial charge in [0.25, 0.3) is 0 Å². The third kappa shape index (κ3) is 39.2. The van der Waals surface area contributed by atoms with Crippen LogP contribution in [0.4, 0.5) is 0 Å². The highest BCUT2D eigenvalue weighted by Gasteiger charge is 2.19. The molecule has 1 unspecified atom stereocenters. The Morgan fingerprint density at radius 3 is 1.06 bits per heavy atom. The van der Waals surface area contributed by atoms with E-state index >= 15 is 0 Å². The number of hydrogen-bond acceptors (Lipinski definition) is 6. The molecule has 0 heterocycles. The summed E-state index contributed by atoms with van der Waals surface area (Å²) in [5.74, 6) is -0.905. The average Bonchev–Trinajstić information content (AvgIpc) is 3.12. The molecule has 0 N–H and O–H groups in total. The molecule has 0 saturated carbocycles. The highest BCUT2D eigenvalue weighted by Crippen LogP contribution is 2.15. The Kier molecular flexibility index (Phi) is 39.4. The zero-order valence-electron chi connectivity index (χ0n) is 34.1. The lowest BCUT2D eigenvalue weighted by molar-refractivity contribution is -0.167. The molecule has 0 amide bonds. The SMILES string of the molecule is CCCCCC/C=C\CCCC(=O)OCC(COC(=O)CCCCCCCCCCCCCC)OC(=O)CCCCCCCCCCCCCC. The highest BCUT2D eigenvalue weighted by molar-refractivity contribution is 5.71. The summed E-state index contributed by atoms with van der Waals surface area (Å²) in [6, 6.07) is 0. The Morgan fingerprint density at radius 2 is 0.667 bits per heavy atom. The van der Waals surface area contributed by atoms with Crippen molar-refractivity contribution >= 4 is 17.9 Å². The van der Waals surface area contributed by atoms with Gasteiger partial charge in [-0.15, -0.1) is 0 Å². The summed E-state index contributed by atoms with van der Waals surface area (Å²) in [5, 5.41) is 0. The topological polar surface area (TPSA) is 78.9 Å². The van der Waals surface area contributed by atoms with Crippen molar-refractivity contribution in [3.05, 3.63) is 12.2 Å². The number of esters is 3. The van der Waals surface area contributed by atoms with Crippen LogP contribution >= 0.6 is 0 Å². The Bertz CT molecular complexity index is 794. The molecule has 0 aromatic heterocycles. The fourth-order valence-corrected chi connectivity index (χ4v) is 6.39. The zero-order valence-corrected chi connectivity index (χ0v) is 34.1. The van der Waals surface area contributed by atoms with Crippen LogP contribution in [0.25, 0.3) is 0 Å². The Morgan fingerprint density at radius 1 is 0.373 bits per heavy atom. The summed E-state index contributed by atoms with van der Waals surface area (Å²) in [7, 11) is 0. The van der Waals surface area contributed by atoms with Gasteiger partial charge in [0.05, 0.1) is 0 Å². The summed E-state index contributed by atoms with van der Waals surface area (Å²) in [6.07, 6.45) is 42.0. The van der Waals surface area contributed by atoms with Crippen molar-refractivity contribution in [3.8, 4) is 0 Å². The largest absolute Gasteiger partial charge is 0.462 e. The zero-order chi connectivity index (χ0) is 37.3. The molecule has 0 spiro atoms. The van der Waals surface area contributed by atoms with Gasteiger partial charge in [-0.25, -0.2) is 0 Å². The molecule has 0 aliphatic rings. The Labute approximate surface area is 316 Å². The first kappa shape index (κ1) is 49.1. The average molecular weight is 721 g/mol. The minimum Gasteiger partial charge on any atom is -0.462 e. The maximum Gasteiger partial charge on any atom is 0.306 e. The first-order valence-corrected chi connectivity index (χ1v) is 22.2. The van der Waals surface area contributed by atoms with Crippen LogP contribution in [0.2, 0.25) is 0 Å². The van der Waals surface area contributed by atoms with Crippen LogP contribution in [0, 0.1) is 0 Å². The Hall–Kier alpha value is -1.85. The number of unbranched alkanes of at least 4 members (excludes halogenated alkanes) is 27. The molecule has 1 atom stereocenters. The fraction of sp³-hybridized carbons (Fsp3) is 0.889. The molecule has 0 aromatic rings. The van der Waals surface area contributed by atoms with Crippen molar-refractivity contribution in [1.29, 1.82) is 0 Å². The lowest BCUT2D eigenvalue weighted by atomic mass is 10.0. The van der Waals surface area contributed by atoms with E-state index in [9.17, 15) is 14.4 Å². The van der Waals surface area contributed by atoms with Crippen LogP contribution in [-0.4, -0.2) is 37.2 Å². The van der Waals surface area contributed by atoms with Crippen LogP contribution in [0.5, 0.6) is 0 Å². The van der Waals surface area contributed by atoms with E-state index in [-0.39, 0.29) is 31.1 Å². The second kappa shape index (κ2) is 40.9. The third-order valence-corrected chi connectivity index (χ3v) is 9.77. The van der Waals surface area contributed by atoms with E-state index in [4.69, 9.17) is 14.2 Å². The van der Waals surface area contributed by atoms with Crippen molar-refractivity contribution in [2.24, 2.45) is 0 Å². The molecule has 0 rings (SSSR count). The molecule has 0 fully saturated rings. The van der Waals surface area contributed by atoms with Gasteiger partial charge in [-0.05, 0) is 38.5 Å². The summed E-state index contributed by atoms with van der Waals surface area (Å²) in [4.78, 5) is 37.6. The number of carbonyl (C=O) groups is 3. The molecule has 0 bridgehead atoms. The lowest BCUT2D eigenvalue weighted by Crippen LogP contribution is -2.30. The van der Waals surface area contributed by atoms with E-state index in [1.54, 1.807) is 0 Å². The van der Waals surface area contributed by atoms with Gasteiger partial charge in [-0.1, -0.05) is 193 Å². The van der Waals surface area contributed by atoms with E-state index in [0.29, 0.717) is 19.3 Å². The highest BCUT2D eigenvalue weighted by atomic mass is 16.6. The quantitative estimate of drug-likeness (QED) is 0.0271. The van der Waals surface area contributed by atoms with Gasteiger partial charge >= 0.3 is 17.9 Å². The molecule has 51 heavy (non-hydrogen) atoms. The number of rotatable bonds is 40. The van der Waals surface area contributed by atoms with Crippen molar-refractivity contribution < 1.29 is 28.6 Å². The summed E-state index contributed by atoms with van der Waals surface area (Å²) < 4.78 is 16.6. The van der Waals surface area contributed by atoms with Gasteiger partial charge < -0.3 is 14.2 Å². The molecule has 6 nitrogen and oxygen atoms in total. The minimum absolute atomic E-state index is 0.0741. The maximum absolute atomic E-state index is 12.7. The van der Waals surface area contributed by atoms with Crippen molar-refractivity contribution in [1.82, 2.24) is 0 Å². The van der Waals surface area contributed by atoms with Crippen molar-refractivity contribution in [2.45, 2.75) is 245 Å². The van der Waals surface area contributed by atoms with E-state index in [0.717, 1.165) is 57.8 Å². The van der Waals surface area contributed by atoms with E-state index in [1.165, 1.54) is 141 Å². The molecule has 0 radical (unpaired) electrons. The lowest BCUT2D eigenvalue weighted by Gasteiger charge is -2.18. The maximum atomic E-state index is 12.7.